The van der Waals surface area contributed by atoms with E-state index in [-0.39, 0.29) is 5.69 Å². The third-order valence-electron chi connectivity index (χ3n) is 1.36. The highest BCUT2D eigenvalue weighted by atomic mass is 79.9. The normalized spacial score (nSPS) is 10.1. The van der Waals surface area contributed by atoms with Crippen LogP contribution in [0.25, 0.3) is 0 Å². The molecule has 0 N–H and O–H groups in total. The molecular weight excluding hydrogens is 450 g/mol. The summed E-state index contributed by atoms with van der Waals surface area (Å²) < 4.78 is 7.11. The molecule has 1 heterocycles. The second-order valence-electron chi connectivity index (χ2n) is 2.18. The van der Waals surface area contributed by atoms with E-state index in [1.165, 1.54) is 7.11 Å². The van der Waals surface area contributed by atoms with Gasteiger partial charge in [-0.05, 0) is 63.7 Å². The minimum absolute atomic E-state index is 0.217. The first-order chi connectivity index (χ1) is 6.49. The van der Waals surface area contributed by atoms with E-state index in [1.807, 2.05) is 0 Å². The van der Waals surface area contributed by atoms with Crippen LogP contribution in [0.1, 0.15) is 10.5 Å². The van der Waals surface area contributed by atoms with Gasteiger partial charge in [-0.15, -0.1) is 0 Å². The summed E-state index contributed by atoms with van der Waals surface area (Å²) in [6, 6.07) is 0. The van der Waals surface area contributed by atoms with Gasteiger partial charge in [-0.1, -0.05) is 0 Å². The Kier molecular flexibility index (Phi) is 4.55. The summed E-state index contributed by atoms with van der Waals surface area (Å²) in [7, 11) is 1.31. The average molecular weight is 453 g/mol. The van der Waals surface area contributed by atoms with Crippen molar-refractivity contribution < 1.29 is 9.53 Å². The molecule has 7 heteroatoms. The lowest BCUT2D eigenvalue weighted by Gasteiger charge is -2.06. The van der Waals surface area contributed by atoms with Crippen LogP contribution in [-0.2, 0) is 4.74 Å². The van der Waals surface area contributed by atoms with Gasteiger partial charge in [0.25, 0.3) is 0 Å². The van der Waals surface area contributed by atoms with Crippen molar-refractivity contribution in [1.82, 2.24) is 4.98 Å². The van der Waals surface area contributed by atoms with Crippen molar-refractivity contribution in [2.45, 2.75) is 0 Å². The molecule has 0 aliphatic heterocycles. The quantitative estimate of drug-likeness (QED) is 0.479. The number of aromatic nitrogens is 1. The minimum atomic E-state index is -0.495. The first-order valence-corrected chi connectivity index (χ1v) is 6.44. The monoisotopic (exact) mass is 449 g/mol. The minimum Gasteiger partial charge on any atom is -0.464 e. The number of rotatable bonds is 1. The maximum absolute atomic E-state index is 11.3. The summed E-state index contributed by atoms with van der Waals surface area (Å²) in [5.41, 5.74) is 0.217. The van der Waals surface area contributed by atoms with Gasteiger partial charge < -0.3 is 4.74 Å². The number of carbonyl (C=O) groups excluding carboxylic acids is 1. The van der Waals surface area contributed by atoms with Crippen molar-refractivity contribution in [3.63, 3.8) is 0 Å². The van der Waals surface area contributed by atoms with Crippen molar-refractivity contribution in [2.75, 3.05) is 7.11 Å². The highest BCUT2D eigenvalue weighted by molar-refractivity contribution is 9.15. The molecule has 0 bridgehead atoms. The van der Waals surface area contributed by atoms with E-state index in [2.05, 4.69) is 73.4 Å². The first kappa shape index (κ1) is 12.6. The number of hydrogen-bond donors (Lipinski definition) is 0. The topological polar surface area (TPSA) is 39.2 Å². The van der Waals surface area contributed by atoms with Crippen molar-refractivity contribution in [2.24, 2.45) is 0 Å². The number of halogens is 4. The Morgan fingerprint density at radius 2 is 1.71 bits per heavy atom. The largest absolute Gasteiger partial charge is 0.464 e. The van der Waals surface area contributed by atoms with Crippen LogP contribution in [0.3, 0.4) is 0 Å². The van der Waals surface area contributed by atoms with Crippen molar-refractivity contribution in [1.29, 1.82) is 0 Å². The molecule has 0 atom stereocenters. The highest BCUT2D eigenvalue weighted by Gasteiger charge is 2.19. The summed E-state index contributed by atoms with van der Waals surface area (Å²) in [4.78, 5) is 15.3. The zero-order valence-electron chi connectivity index (χ0n) is 6.78. The molecule has 0 unspecified atom stereocenters. The van der Waals surface area contributed by atoms with Gasteiger partial charge in [0, 0.05) is 0 Å². The van der Waals surface area contributed by atoms with Crippen LogP contribution in [0.4, 0.5) is 0 Å². The van der Waals surface area contributed by atoms with Crippen LogP contribution in [0, 0.1) is 0 Å². The molecule has 0 aromatic carbocycles. The Hall–Kier alpha value is 0.540. The molecule has 76 valence electrons. The summed E-state index contributed by atoms with van der Waals surface area (Å²) in [5.74, 6) is -0.495. The van der Waals surface area contributed by atoms with E-state index >= 15 is 0 Å². The molecule has 0 saturated carbocycles. The van der Waals surface area contributed by atoms with Crippen LogP contribution in [0.15, 0.2) is 18.0 Å². The van der Waals surface area contributed by atoms with E-state index in [1.54, 1.807) is 0 Å². The van der Waals surface area contributed by atoms with Gasteiger partial charge in [0.05, 0.1) is 20.5 Å². The fourth-order valence-corrected chi connectivity index (χ4v) is 2.74. The fourth-order valence-electron chi connectivity index (χ4n) is 0.719. The van der Waals surface area contributed by atoms with Crippen LogP contribution >= 0.6 is 63.7 Å². The average Bonchev–Trinajstić information content (AvgIpc) is 2.19. The van der Waals surface area contributed by atoms with Gasteiger partial charge in [0.1, 0.15) is 4.60 Å². The number of nitrogens with zero attached hydrogens (tertiary/aromatic N) is 1. The standard InChI is InChI=1S/C7H3Br4NO2/c1-14-7(13)5-3(9)2(8)4(10)6(11)12-5/h1H3. The van der Waals surface area contributed by atoms with Gasteiger partial charge in [-0.3, -0.25) is 0 Å². The van der Waals surface area contributed by atoms with Crippen molar-refractivity contribution >= 4 is 69.7 Å². The zero-order valence-corrected chi connectivity index (χ0v) is 13.1. The Morgan fingerprint density at radius 3 is 2.21 bits per heavy atom. The molecule has 1 aromatic rings. The van der Waals surface area contributed by atoms with Crippen molar-refractivity contribution in [3.05, 3.63) is 23.7 Å². The van der Waals surface area contributed by atoms with Crippen LogP contribution in [0.5, 0.6) is 0 Å². The van der Waals surface area contributed by atoms with E-state index in [4.69, 9.17) is 0 Å². The van der Waals surface area contributed by atoms with Crippen LogP contribution in [-0.4, -0.2) is 18.1 Å². The fraction of sp³-hybridized carbons (Fsp3) is 0.143. The van der Waals surface area contributed by atoms with E-state index in [0.717, 1.165) is 4.47 Å². The molecule has 0 aliphatic carbocycles. The van der Waals surface area contributed by atoms with Gasteiger partial charge in [0.2, 0.25) is 0 Å². The zero-order chi connectivity index (χ0) is 10.9. The van der Waals surface area contributed by atoms with Gasteiger partial charge in [-0.25, -0.2) is 9.78 Å². The maximum Gasteiger partial charge on any atom is 0.357 e. The molecule has 3 nitrogen and oxygen atoms in total. The second kappa shape index (κ2) is 5.05. The molecule has 0 fully saturated rings. The predicted molar refractivity (Wildman–Crippen MR) is 66.4 cm³/mol. The predicted octanol–water partition coefficient (Wildman–Crippen LogP) is 3.92. The van der Waals surface area contributed by atoms with Gasteiger partial charge >= 0.3 is 5.97 Å². The van der Waals surface area contributed by atoms with Gasteiger partial charge in [0.15, 0.2) is 5.69 Å². The second-order valence-corrected chi connectivity index (χ2v) is 5.31. The molecule has 0 radical (unpaired) electrons. The summed E-state index contributed by atoms with van der Waals surface area (Å²) in [6.07, 6.45) is 0. The Labute approximate surface area is 114 Å². The molecule has 0 amide bonds. The van der Waals surface area contributed by atoms with Crippen LogP contribution < -0.4 is 0 Å². The summed E-state index contributed by atoms with van der Waals surface area (Å²) in [6.45, 7) is 0. The molecule has 1 aromatic heterocycles. The molecule has 0 aliphatic rings. The SMILES string of the molecule is COC(=O)c1nc(Br)c(Br)c(Br)c1Br. The van der Waals surface area contributed by atoms with E-state index < -0.39 is 5.97 Å². The smallest absolute Gasteiger partial charge is 0.357 e. The van der Waals surface area contributed by atoms with Gasteiger partial charge in [-0.2, -0.15) is 0 Å². The lowest BCUT2D eigenvalue weighted by atomic mass is 10.3. The number of pyridine rings is 1. The molecule has 0 saturated heterocycles. The van der Waals surface area contributed by atoms with Crippen LogP contribution in [0.2, 0.25) is 0 Å². The number of methoxy groups -OCH3 is 1. The molecular formula is C7H3Br4NO2. The molecule has 0 spiro atoms. The first-order valence-electron chi connectivity index (χ1n) is 3.27. The summed E-state index contributed by atoms with van der Waals surface area (Å²) >= 11 is 13.1. The van der Waals surface area contributed by atoms with E-state index in [9.17, 15) is 4.79 Å². The number of hydrogen-bond acceptors (Lipinski definition) is 3. The Bertz CT molecular complexity index is 394. The third-order valence-corrected chi connectivity index (χ3v) is 5.87. The summed E-state index contributed by atoms with van der Waals surface area (Å²) in [5, 5.41) is 0. The number of ether oxygens (including phenoxy) is 1. The number of esters is 1. The lowest BCUT2D eigenvalue weighted by molar-refractivity contribution is 0.0592. The molecule has 14 heavy (non-hydrogen) atoms. The van der Waals surface area contributed by atoms with E-state index in [0.29, 0.717) is 13.5 Å². The Morgan fingerprint density at radius 1 is 1.14 bits per heavy atom. The lowest BCUT2D eigenvalue weighted by Crippen LogP contribution is -2.06. The van der Waals surface area contributed by atoms with Crippen molar-refractivity contribution in [3.8, 4) is 0 Å². The highest BCUT2D eigenvalue weighted by Crippen LogP contribution is 2.37. The third kappa shape index (κ3) is 2.37. The Balaban J connectivity index is 3.40. The number of carbonyl (C=O) groups is 1. The maximum atomic E-state index is 11.3. The molecule has 1 rings (SSSR count).